The zero-order valence-corrected chi connectivity index (χ0v) is 16.7. The molecule has 0 aliphatic carbocycles. The number of methoxy groups -OCH3 is 1. The molecule has 1 atom stereocenters. The van der Waals surface area contributed by atoms with E-state index >= 15 is 0 Å². The molecule has 0 saturated heterocycles. The highest BCUT2D eigenvalue weighted by Gasteiger charge is 2.18. The lowest BCUT2D eigenvalue weighted by Gasteiger charge is -2.13. The summed E-state index contributed by atoms with van der Waals surface area (Å²) in [6.45, 7) is 1.46. The Hall–Kier alpha value is -3.68. The normalized spacial score (nSPS) is 11.6. The maximum Gasteiger partial charge on any atom is 0.308 e. The van der Waals surface area contributed by atoms with E-state index in [1.54, 1.807) is 37.5 Å². The van der Waals surface area contributed by atoms with Crippen molar-refractivity contribution < 1.29 is 28.2 Å². The number of nitrogens with one attached hydrogen (secondary N) is 2. The molecule has 0 heterocycles. The van der Waals surface area contributed by atoms with Crippen LogP contribution in [0, 0.1) is 5.82 Å². The molecule has 0 saturated carbocycles. The van der Waals surface area contributed by atoms with E-state index in [-0.39, 0.29) is 24.6 Å². The number of hydrogen-bond donors (Lipinski definition) is 2. The van der Waals surface area contributed by atoms with Gasteiger partial charge in [0.15, 0.2) is 6.10 Å². The number of halogens is 1. The van der Waals surface area contributed by atoms with Gasteiger partial charge in [0.05, 0.1) is 13.5 Å². The Morgan fingerprint density at radius 1 is 1.13 bits per heavy atom. The quantitative estimate of drug-likeness (QED) is 0.486. The summed E-state index contributed by atoms with van der Waals surface area (Å²) in [6.07, 6.45) is 1.82. The molecule has 0 aliphatic heterocycles. The summed E-state index contributed by atoms with van der Waals surface area (Å²) < 4.78 is 23.2. The fourth-order valence-corrected chi connectivity index (χ4v) is 2.35. The molecule has 0 fully saturated rings. The van der Waals surface area contributed by atoms with Crippen LogP contribution in [0.3, 0.4) is 0 Å². The SMILES string of the molecule is COc1ccc(/C=C/C(=O)NCCC(=O)O[C@@H](C)C(=O)Nc2cccc(F)c2)cc1. The van der Waals surface area contributed by atoms with Gasteiger partial charge in [-0.05, 0) is 48.9 Å². The van der Waals surface area contributed by atoms with Gasteiger partial charge in [-0.2, -0.15) is 0 Å². The van der Waals surface area contributed by atoms with Crippen molar-refractivity contribution in [1.29, 1.82) is 0 Å². The molecule has 0 radical (unpaired) electrons. The summed E-state index contributed by atoms with van der Waals surface area (Å²) in [5.74, 6) is -1.37. The Morgan fingerprint density at radius 3 is 2.53 bits per heavy atom. The van der Waals surface area contributed by atoms with Crippen molar-refractivity contribution in [2.45, 2.75) is 19.4 Å². The predicted molar refractivity (Wildman–Crippen MR) is 110 cm³/mol. The minimum absolute atomic E-state index is 0.0584. The van der Waals surface area contributed by atoms with E-state index in [1.165, 1.54) is 31.2 Å². The van der Waals surface area contributed by atoms with E-state index in [0.717, 1.165) is 11.6 Å². The van der Waals surface area contributed by atoms with Gasteiger partial charge in [0.1, 0.15) is 11.6 Å². The summed E-state index contributed by atoms with van der Waals surface area (Å²) in [4.78, 5) is 35.7. The van der Waals surface area contributed by atoms with Crippen molar-refractivity contribution in [2.24, 2.45) is 0 Å². The van der Waals surface area contributed by atoms with Crippen LogP contribution < -0.4 is 15.4 Å². The molecule has 7 nitrogen and oxygen atoms in total. The average molecular weight is 414 g/mol. The molecule has 0 unspecified atom stereocenters. The van der Waals surface area contributed by atoms with Crippen molar-refractivity contribution in [2.75, 3.05) is 19.0 Å². The van der Waals surface area contributed by atoms with Crippen LogP contribution in [0.4, 0.5) is 10.1 Å². The first kappa shape index (κ1) is 22.6. The van der Waals surface area contributed by atoms with E-state index in [9.17, 15) is 18.8 Å². The molecule has 2 aromatic rings. The van der Waals surface area contributed by atoms with Gasteiger partial charge in [-0.3, -0.25) is 14.4 Å². The molecule has 2 N–H and O–H groups in total. The van der Waals surface area contributed by atoms with Crippen LogP contribution in [0.1, 0.15) is 18.9 Å². The zero-order valence-electron chi connectivity index (χ0n) is 16.7. The van der Waals surface area contributed by atoms with Gasteiger partial charge in [0, 0.05) is 18.3 Å². The first-order valence-electron chi connectivity index (χ1n) is 9.23. The van der Waals surface area contributed by atoms with Crippen molar-refractivity contribution in [1.82, 2.24) is 5.32 Å². The van der Waals surface area contributed by atoms with Crippen molar-refractivity contribution in [3.63, 3.8) is 0 Å². The Labute approximate surface area is 173 Å². The van der Waals surface area contributed by atoms with Gasteiger partial charge in [0.25, 0.3) is 5.91 Å². The number of rotatable bonds is 9. The molecule has 0 aliphatic rings. The van der Waals surface area contributed by atoms with E-state index in [0.29, 0.717) is 5.75 Å². The number of carbonyl (C=O) groups is 3. The maximum atomic E-state index is 13.1. The molecule has 2 amide bonds. The van der Waals surface area contributed by atoms with Crippen molar-refractivity contribution >= 4 is 29.5 Å². The fraction of sp³-hybridized carbons (Fsp3) is 0.227. The van der Waals surface area contributed by atoms with Crippen LogP contribution in [0.5, 0.6) is 5.75 Å². The highest BCUT2D eigenvalue weighted by atomic mass is 19.1. The highest BCUT2D eigenvalue weighted by Crippen LogP contribution is 2.12. The summed E-state index contributed by atoms with van der Waals surface area (Å²) in [6, 6.07) is 12.5. The largest absolute Gasteiger partial charge is 0.497 e. The number of carbonyl (C=O) groups excluding carboxylic acids is 3. The Kier molecular flexibility index (Phi) is 8.56. The highest BCUT2D eigenvalue weighted by molar-refractivity contribution is 5.95. The molecule has 0 bridgehead atoms. The van der Waals surface area contributed by atoms with E-state index in [1.807, 2.05) is 0 Å². The standard InChI is InChI=1S/C22H23FN2O5/c1-15(22(28)25-18-5-3-4-17(23)14-18)30-21(27)12-13-24-20(26)11-8-16-6-9-19(29-2)10-7-16/h3-11,14-15H,12-13H2,1-2H3,(H,24,26)(H,25,28)/b11-8+/t15-/m0/s1. The number of esters is 1. The first-order chi connectivity index (χ1) is 14.4. The summed E-state index contributed by atoms with van der Waals surface area (Å²) in [7, 11) is 1.57. The van der Waals surface area contributed by atoms with Crippen LogP contribution >= 0.6 is 0 Å². The Bertz CT molecular complexity index is 912. The summed E-state index contributed by atoms with van der Waals surface area (Å²) in [5.41, 5.74) is 1.09. The zero-order chi connectivity index (χ0) is 21.9. The van der Waals surface area contributed by atoms with Crippen LogP contribution in [-0.2, 0) is 19.1 Å². The maximum absolute atomic E-state index is 13.1. The minimum Gasteiger partial charge on any atom is -0.497 e. The van der Waals surface area contributed by atoms with E-state index in [4.69, 9.17) is 9.47 Å². The predicted octanol–water partition coefficient (Wildman–Crippen LogP) is 2.92. The second-order valence-corrected chi connectivity index (χ2v) is 6.28. The third-order valence-corrected chi connectivity index (χ3v) is 3.94. The van der Waals surface area contributed by atoms with Gasteiger partial charge >= 0.3 is 5.97 Å². The third-order valence-electron chi connectivity index (χ3n) is 3.94. The summed E-state index contributed by atoms with van der Waals surface area (Å²) >= 11 is 0. The van der Waals surface area contributed by atoms with Gasteiger partial charge < -0.3 is 20.1 Å². The number of benzene rings is 2. The molecule has 30 heavy (non-hydrogen) atoms. The van der Waals surface area contributed by atoms with Crippen molar-refractivity contribution in [3.8, 4) is 5.75 Å². The smallest absolute Gasteiger partial charge is 0.308 e. The van der Waals surface area contributed by atoms with Crippen molar-refractivity contribution in [3.05, 3.63) is 66.0 Å². The van der Waals surface area contributed by atoms with Gasteiger partial charge in [-0.1, -0.05) is 18.2 Å². The molecule has 0 aromatic heterocycles. The van der Waals surface area contributed by atoms with Crippen LogP contribution in [0.15, 0.2) is 54.6 Å². The topological polar surface area (TPSA) is 93.7 Å². The van der Waals surface area contributed by atoms with Gasteiger partial charge in [-0.25, -0.2) is 4.39 Å². The number of amides is 2. The molecule has 2 rings (SSSR count). The third kappa shape index (κ3) is 7.75. The number of ether oxygens (including phenoxy) is 2. The molecule has 8 heteroatoms. The molecule has 158 valence electrons. The van der Waals surface area contributed by atoms with Crippen LogP contribution in [-0.4, -0.2) is 37.5 Å². The van der Waals surface area contributed by atoms with Gasteiger partial charge in [0.2, 0.25) is 5.91 Å². The molecule has 2 aromatic carbocycles. The lowest BCUT2D eigenvalue weighted by atomic mass is 10.2. The molecule has 0 spiro atoms. The number of anilines is 1. The summed E-state index contributed by atoms with van der Waals surface area (Å²) in [5, 5.41) is 5.02. The van der Waals surface area contributed by atoms with E-state index in [2.05, 4.69) is 10.6 Å². The fourth-order valence-electron chi connectivity index (χ4n) is 2.35. The molecular weight excluding hydrogens is 391 g/mol. The number of hydrogen-bond acceptors (Lipinski definition) is 5. The second-order valence-electron chi connectivity index (χ2n) is 6.28. The lowest BCUT2D eigenvalue weighted by Crippen LogP contribution is -2.31. The lowest BCUT2D eigenvalue weighted by molar-refractivity contribution is -0.153. The van der Waals surface area contributed by atoms with Gasteiger partial charge in [-0.15, -0.1) is 0 Å². The van der Waals surface area contributed by atoms with Crippen LogP contribution in [0.2, 0.25) is 0 Å². The minimum atomic E-state index is -1.06. The molecular formula is C22H23FN2O5. The average Bonchev–Trinajstić information content (AvgIpc) is 2.72. The van der Waals surface area contributed by atoms with E-state index < -0.39 is 23.8 Å². The second kappa shape index (κ2) is 11.4. The monoisotopic (exact) mass is 414 g/mol. The Balaban J connectivity index is 1.69. The van der Waals surface area contributed by atoms with Crippen LogP contribution in [0.25, 0.3) is 6.08 Å². The first-order valence-corrected chi connectivity index (χ1v) is 9.23. The Morgan fingerprint density at radius 2 is 1.87 bits per heavy atom.